The third-order valence-corrected chi connectivity index (χ3v) is 7.40. The summed E-state index contributed by atoms with van der Waals surface area (Å²) in [6.07, 6.45) is 1.98. The van der Waals surface area contributed by atoms with Crippen LogP contribution in [-0.2, 0) is 4.79 Å². The van der Waals surface area contributed by atoms with E-state index in [1.807, 2.05) is 78.7 Å². The number of benzene rings is 3. The summed E-state index contributed by atoms with van der Waals surface area (Å²) in [6, 6.07) is 25.3. The molecule has 0 bridgehead atoms. The van der Waals surface area contributed by atoms with Crippen LogP contribution in [0.4, 0.5) is 5.69 Å². The molecule has 6 rings (SSSR count). The Morgan fingerprint density at radius 1 is 0.857 bits per heavy atom. The molecule has 6 nitrogen and oxygen atoms in total. The van der Waals surface area contributed by atoms with Crippen LogP contribution in [0.5, 0.6) is 0 Å². The maximum atomic E-state index is 13.7. The van der Waals surface area contributed by atoms with Crippen LogP contribution in [-0.4, -0.2) is 58.8 Å². The van der Waals surface area contributed by atoms with Crippen molar-refractivity contribution in [1.82, 2.24) is 14.8 Å². The number of aromatic nitrogens is 1. The van der Waals surface area contributed by atoms with Crippen LogP contribution in [0.25, 0.3) is 10.9 Å². The number of nitrogens with one attached hydrogen (secondary N) is 1. The number of rotatable bonds is 4. The van der Waals surface area contributed by atoms with Gasteiger partial charge in [0.25, 0.3) is 5.91 Å². The van der Waals surface area contributed by atoms with Gasteiger partial charge in [0.1, 0.15) is 6.04 Å². The van der Waals surface area contributed by atoms with E-state index >= 15 is 0 Å². The number of anilines is 1. The molecule has 1 N–H and O–H groups in total. The van der Waals surface area contributed by atoms with Gasteiger partial charge in [0, 0.05) is 60.1 Å². The Morgan fingerprint density at radius 2 is 1.54 bits per heavy atom. The van der Waals surface area contributed by atoms with E-state index in [9.17, 15) is 9.59 Å². The first-order valence-electron chi connectivity index (χ1n) is 12.2. The van der Waals surface area contributed by atoms with Crippen LogP contribution in [0.1, 0.15) is 34.5 Å². The lowest BCUT2D eigenvalue weighted by Crippen LogP contribution is -2.54. The second kappa shape index (κ2) is 8.62. The van der Waals surface area contributed by atoms with E-state index in [1.54, 1.807) is 4.90 Å². The number of hydrogen-bond acceptors (Lipinski definition) is 3. The van der Waals surface area contributed by atoms with Crippen LogP contribution in [0.2, 0.25) is 0 Å². The smallest absolute Gasteiger partial charge is 0.255 e. The van der Waals surface area contributed by atoms with Crippen LogP contribution in [0.15, 0.2) is 85.1 Å². The first-order valence-corrected chi connectivity index (χ1v) is 12.2. The SMILES string of the molecule is C[C@H](C(=O)N1CCN(c2ccccc2)CC1)N1C(=O)c2ccccc2[C@@H]1c1c[nH]c2ccccc12. The Labute approximate surface area is 204 Å². The zero-order valence-corrected chi connectivity index (χ0v) is 19.7. The van der Waals surface area contributed by atoms with Gasteiger partial charge in [-0.15, -0.1) is 0 Å². The van der Waals surface area contributed by atoms with Gasteiger partial charge < -0.3 is 19.7 Å². The number of carbonyl (C=O) groups excluding carboxylic acids is 2. The molecule has 2 atom stereocenters. The fraction of sp³-hybridized carbons (Fsp3) is 0.241. The molecule has 2 aliphatic heterocycles. The molecule has 0 unspecified atom stereocenters. The van der Waals surface area contributed by atoms with Crippen molar-refractivity contribution in [2.45, 2.75) is 19.0 Å². The summed E-state index contributed by atoms with van der Waals surface area (Å²) in [5.41, 5.74) is 4.85. The summed E-state index contributed by atoms with van der Waals surface area (Å²) in [7, 11) is 0. The number of H-pyrrole nitrogens is 1. The van der Waals surface area contributed by atoms with E-state index in [0.29, 0.717) is 18.7 Å². The molecule has 2 amide bonds. The quantitative estimate of drug-likeness (QED) is 0.486. The van der Waals surface area contributed by atoms with Crippen molar-refractivity contribution in [3.05, 3.63) is 102 Å². The summed E-state index contributed by atoms with van der Waals surface area (Å²) in [6.45, 7) is 4.72. The van der Waals surface area contributed by atoms with Crippen molar-refractivity contribution in [3.8, 4) is 0 Å². The number of amides is 2. The highest BCUT2D eigenvalue weighted by atomic mass is 16.2. The van der Waals surface area contributed by atoms with Gasteiger partial charge in [-0.3, -0.25) is 9.59 Å². The van der Waals surface area contributed by atoms with Crippen LogP contribution in [0.3, 0.4) is 0 Å². The summed E-state index contributed by atoms with van der Waals surface area (Å²) in [4.78, 5) is 36.7. The summed E-state index contributed by atoms with van der Waals surface area (Å²) in [5.74, 6) is -0.0802. The number of para-hydroxylation sites is 2. The topological polar surface area (TPSA) is 59.7 Å². The first-order chi connectivity index (χ1) is 17.1. The Hall–Kier alpha value is -4.06. The molecule has 0 radical (unpaired) electrons. The van der Waals surface area contributed by atoms with Crippen LogP contribution in [0, 0.1) is 0 Å². The third-order valence-electron chi connectivity index (χ3n) is 7.40. The molecule has 6 heteroatoms. The lowest BCUT2D eigenvalue weighted by Gasteiger charge is -2.39. The zero-order chi connectivity index (χ0) is 23.9. The van der Waals surface area contributed by atoms with Gasteiger partial charge >= 0.3 is 0 Å². The third kappa shape index (κ3) is 3.57. The molecule has 0 spiro atoms. The van der Waals surface area contributed by atoms with E-state index in [1.165, 1.54) is 5.69 Å². The summed E-state index contributed by atoms with van der Waals surface area (Å²) < 4.78 is 0. The van der Waals surface area contributed by atoms with Crippen molar-refractivity contribution in [1.29, 1.82) is 0 Å². The molecule has 1 saturated heterocycles. The van der Waals surface area contributed by atoms with Crippen molar-refractivity contribution in [2.24, 2.45) is 0 Å². The van der Waals surface area contributed by atoms with Crippen LogP contribution >= 0.6 is 0 Å². The predicted octanol–water partition coefficient (Wildman–Crippen LogP) is 4.45. The minimum atomic E-state index is -0.572. The summed E-state index contributed by atoms with van der Waals surface area (Å²) in [5, 5.41) is 1.07. The monoisotopic (exact) mass is 464 g/mol. The second-order valence-electron chi connectivity index (χ2n) is 9.32. The van der Waals surface area contributed by atoms with E-state index in [2.05, 4.69) is 28.1 Å². The maximum Gasteiger partial charge on any atom is 0.255 e. The lowest BCUT2D eigenvalue weighted by molar-refractivity contribution is -0.136. The van der Waals surface area contributed by atoms with Crippen molar-refractivity contribution < 1.29 is 9.59 Å². The highest BCUT2D eigenvalue weighted by molar-refractivity contribution is 6.03. The maximum absolute atomic E-state index is 13.7. The normalized spacial score (nSPS) is 18.7. The molecule has 4 aromatic rings. The molecule has 0 saturated carbocycles. The second-order valence-corrected chi connectivity index (χ2v) is 9.32. The molecule has 35 heavy (non-hydrogen) atoms. The Balaban J connectivity index is 1.29. The molecule has 0 aliphatic carbocycles. The number of hydrogen-bond donors (Lipinski definition) is 1. The zero-order valence-electron chi connectivity index (χ0n) is 19.7. The highest BCUT2D eigenvalue weighted by Crippen LogP contribution is 2.42. The van der Waals surface area contributed by atoms with Gasteiger partial charge in [-0.25, -0.2) is 0 Å². The molecule has 3 aromatic carbocycles. The molecule has 1 fully saturated rings. The fourth-order valence-corrected chi connectivity index (χ4v) is 5.58. The number of nitrogens with zero attached hydrogens (tertiary/aromatic N) is 3. The van der Waals surface area contributed by atoms with Crippen molar-refractivity contribution in [3.63, 3.8) is 0 Å². The van der Waals surface area contributed by atoms with E-state index in [4.69, 9.17) is 0 Å². The van der Waals surface area contributed by atoms with Gasteiger partial charge in [0.05, 0.1) is 6.04 Å². The molecular weight excluding hydrogens is 436 g/mol. The predicted molar refractivity (Wildman–Crippen MR) is 137 cm³/mol. The molecule has 3 heterocycles. The fourth-order valence-electron chi connectivity index (χ4n) is 5.58. The Kier molecular flexibility index (Phi) is 5.29. The largest absolute Gasteiger partial charge is 0.368 e. The minimum absolute atomic E-state index is 0.00343. The number of aromatic amines is 1. The standard InChI is InChI=1S/C29H28N4O2/c1-20(28(34)32-17-15-31(16-18-32)21-9-3-2-4-10-21)33-27(23-12-5-6-13-24(23)29(33)35)25-19-30-26-14-8-7-11-22(25)26/h2-14,19-20,27,30H,15-18H2,1H3/t20-,27-/m1/s1. The van der Waals surface area contributed by atoms with Gasteiger partial charge in [-0.2, -0.15) is 0 Å². The average molecular weight is 465 g/mol. The molecular formula is C29H28N4O2. The van der Waals surface area contributed by atoms with E-state index < -0.39 is 6.04 Å². The number of piperazine rings is 1. The van der Waals surface area contributed by atoms with Gasteiger partial charge in [0.2, 0.25) is 5.91 Å². The summed E-state index contributed by atoms with van der Waals surface area (Å²) >= 11 is 0. The van der Waals surface area contributed by atoms with Gasteiger partial charge in [-0.1, -0.05) is 54.6 Å². The van der Waals surface area contributed by atoms with Crippen molar-refractivity contribution in [2.75, 3.05) is 31.1 Å². The van der Waals surface area contributed by atoms with E-state index in [0.717, 1.165) is 35.1 Å². The molecule has 2 aliphatic rings. The number of fused-ring (bicyclic) bond motifs is 2. The lowest BCUT2D eigenvalue weighted by atomic mass is 9.97. The Morgan fingerprint density at radius 3 is 2.34 bits per heavy atom. The van der Waals surface area contributed by atoms with Crippen LogP contribution < -0.4 is 4.90 Å². The Bertz CT molecular complexity index is 1390. The van der Waals surface area contributed by atoms with Gasteiger partial charge in [0.15, 0.2) is 0 Å². The molecule has 176 valence electrons. The average Bonchev–Trinajstić information content (AvgIpc) is 3.47. The van der Waals surface area contributed by atoms with E-state index in [-0.39, 0.29) is 17.9 Å². The van der Waals surface area contributed by atoms with Crippen molar-refractivity contribution >= 4 is 28.4 Å². The minimum Gasteiger partial charge on any atom is -0.368 e. The number of carbonyl (C=O) groups is 2. The van der Waals surface area contributed by atoms with Gasteiger partial charge in [-0.05, 0) is 36.8 Å². The first kappa shape index (κ1) is 21.5. The molecule has 1 aromatic heterocycles. The highest BCUT2D eigenvalue weighted by Gasteiger charge is 2.44.